The Morgan fingerprint density at radius 3 is 2.54 bits per heavy atom. The molecule has 1 amide bonds. The molecule has 1 saturated heterocycles. The van der Waals surface area contributed by atoms with Gasteiger partial charge in [-0.05, 0) is 49.7 Å². The number of hydrogen-bond acceptors (Lipinski definition) is 3. The van der Waals surface area contributed by atoms with Crippen LogP contribution in [0.1, 0.15) is 24.0 Å². The number of amides is 1. The number of piperidine rings is 1. The SMILES string of the molecule is COc1ccccc1CNC(=O)C1CCN(Cc2ccc(F)cc2)CC1. The van der Waals surface area contributed by atoms with Crippen LogP contribution >= 0.6 is 0 Å². The summed E-state index contributed by atoms with van der Waals surface area (Å²) in [4.78, 5) is 14.8. The fraction of sp³-hybridized carbons (Fsp3) is 0.381. The van der Waals surface area contributed by atoms with Crippen molar-refractivity contribution in [3.05, 3.63) is 65.5 Å². The number of rotatable bonds is 6. The van der Waals surface area contributed by atoms with E-state index in [-0.39, 0.29) is 17.6 Å². The van der Waals surface area contributed by atoms with Crippen molar-refractivity contribution in [1.29, 1.82) is 0 Å². The molecule has 0 saturated carbocycles. The summed E-state index contributed by atoms with van der Waals surface area (Å²) in [7, 11) is 1.64. The number of carbonyl (C=O) groups is 1. The lowest BCUT2D eigenvalue weighted by molar-refractivity contribution is -0.126. The second-order valence-corrected chi connectivity index (χ2v) is 6.71. The zero-order valence-corrected chi connectivity index (χ0v) is 15.1. The van der Waals surface area contributed by atoms with Gasteiger partial charge in [0.15, 0.2) is 0 Å². The van der Waals surface area contributed by atoms with E-state index in [1.807, 2.05) is 36.4 Å². The van der Waals surface area contributed by atoms with Crippen molar-refractivity contribution >= 4 is 5.91 Å². The van der Waals surface area contributed by atoms with E-state index in [4.69, 9.17) is 4.74 Å². The number of benzene rings is 2. The van der Waals surface area contributed by atoms with Gasteiger partial charge in [-0.3, -0.25) is 9.69 Å². The fourth-order valence-corrected chi connectivity index (χ4v) is 3.38. The van der Waals surface area contributed by atoms with Gasteiger partial charge in [0.2, 0.25) is 5.91 Å². The molecular weight excluding hydrogens is 331 g/mol. The van der Waals surface area contributed by atoms with Crippen LogP contribution in [0.25, 0.3) is 0 Å². The van der Waals surface area contributed by atoms with Gasteiger partial charge >= 0.3 is 0 Å². The summed E-state index contributed by atoms with van der Waals surface area (Å²) in [6.45, 7) is 3.04. The van der Waals surface area contributed by atoms with Gasteiger partial charge in [-0.1, -0.05) is 30.3 Å². The van der Waals surface area contributed by atoms with Crippen LogP contribution in [0.3, 0.4) is 0 Å². The Labute approximate surface area is 154 Å². The maximum absolute atomic E-state index is 13.0. The van der Waals surface area contributed by atoms with Crippen molar-refractivity contribution in [2.45, 2.75) is 25.9 Å². The van der Waals surface area contributed by atoms with Crippen LogP contribution in [0, 0.1) is 11.7 Å². The highest BCUT2D eigenvalue weighted by Crippen LogP contribution is 2.21. The molecule has 0 atom stereocenters. The maximum Gasteiger partial charge on any atom is 0.223 e. The molecule has 2 aromatic carbocycles. The molecule has 1 heterocycles. The zero-order chi connectivity index (χ0) is 18.4. The Bertz CT molecular complexity index is 725. The van der Waals surface area contributed by atoms with Crippen molar-refractivity contribution in [3.63, 3.8) is 0 Å². The molecule has 0 spiro atoms. The van der Waals surface area contributed by atoms with Gasteiger partial charge in [-0.25, -0.2) is 4.39 Å². The van der Waals surface area contributed by atoms with E-state index in [0.29, 0.717) is 6.54 Å². The molecule has 1 aliphatic rings. The Balaban J connectivity index is 1.45. The Kier molecular flexibility index (Phi) is 6.23. The molecule has 2 aromatic rings. The van der Waals surface area contributed by atoms with Crippen LogP contribution in [0.15, 0.2) is 48.5 Å². The molecule has 1 N–H and O–H groups in total. The maximum atomic E-state index is 13.0. The molecule has 4 nitrogen and oxygen atoms in total. The Morgan fingerprint density at radius 2 is 1.85 bits per heavy atom. The molecule has 0 aliphatic carbocycles. The number of carbonyl (C=O) groups excluding carboxylic acids is 1. The molecule has 0 bridgehead atoms. The van der Waals surface area contributed by atoms with Crippen molar-refractivity contribution in [3.8, 4) is 5.75 Å². The van der Waals surface area contributed by atoms with E-state index in [1.165, 1.54) is 12.1 Å². The van der Waals surface area contributed by atoms with Crippen molar-refractivity contribution < 1.29 is 13.9 Å². The quantitative estimate of drug-likeness (QED) is 0.863. The van der Waals surface area contributed by atoms with E-state index in [1.54, 1.807) is 7.11 Å². The van der Waals surface area contributed by atoms with Gasteiger partial charge < -0.3 is 10.1 Å². The van der Waals surface area contributed by atoms with Gasteiger partial charge in [0.1, 0.15) is 11.6 Å². The minimum Gasteiger partial charge on any atom is -0.496 e. The van der Waals surface area contributed by atoms with Gasteiger partial charge in [0.05, 0.1) is 7.11 Å². The molecule has 1 aliphatic heterocycles. The van der Waals surface area contributed by atoms with E-state index < -0.39 is 0 Å². The zero-order valence-electron chi connectivity index (χ0n) is 15.1. The topological polar surface area (TPSA) is 41.6 Å². The van der Waals surface area contributed by atoms with Gasteiger partial charge in [0, 0.05) is 24.6 Å². The molecule has 26 heavy (non-hydrogen) atoms. The third kappa shape index (κ3) is 4.82. The number of nitrogens with one attached hydrogen (secondary N) is 1. The monoisotopic (exact) mass is 356 g/mol. The summed E-state index contributed by atoms with van der Waals surface area (Å²) < 4.78 is 18.3. The van der Waals surface area contributed by atoms with Crippen LogP contribution in [0.4, 0.5) is 4.39 Å². The Hall–Kier alpha value is -2.40. The first-order valence-corrected chi connectivity index (χ1v) is 9.02. The summed E-state index contributed by atoms with van der Waals surface area (Å²) in [5, 5.41) is 3.04. The number of nitrogens with zero attached hydrogens (tertiary/aromatic N) is 1. The number of methoxy groups -OCH3 is 1. The molecule has 1 fully saturated rings. The van der Waals surface area contributed by atoms with Crippen LogP contribution in [-0.2, 0) is 17.9 Å². The first-order chi connectivity index (χ1) is 12.7. The predicted molar refractivity (Wildman–Crippen MR) is 99.2 cm³/mol. The van der Waals surface area contributed by atoms with E-state index in [9.17, 15) is 9.18 Å². The summed E-state index contributed by atoms with van der Waals surface area (Å²) in [5.74, 6) is 0.743. The summed E-state index contributed by atoms with van der Waals surface area (Å²) in [6.07, 6.45) is 1.69. The first kappa shape index (κ1) is 18.4. The molecule has 5 heteroatoms. The molecule has 0 aromatic heterocycles. The summed E-state index contributed by atoms with van der Waals surface area (Å²) in [5.41, 5.74) is 2.09. The van der Waals surface area contributed by atoms with Crippen molar-refractivity contribution in [2.24, 2.45) is 5.92 Å². The summed E-state index contributed by atoms with van der Waals surface area (Å²) >= 11 is 0. The second kappa shape index (κ2) is 8.81. The highest BCUT2D eigenvalue weighted by molar-refractivity contribution is 5.78. The highest BCUT2D eigenvalue weighted by Gasteiger charge is 2.24. The predicted octanol–water partition coefficient (Wildman–Crippen LogP) is 3.36. The Morgan fingerprint density at radius 1 is 1.15 bits per heavy atom. The second-order valence-electron chi connectivity index (χ2n) is 6.71. The number of ether oxygens (including phenoxy) is 1. The molecule has 0 radical (unpaired) electrons. The van der Waals surface area contributed by atoms with Crippen molar-refractivity contribution in [2.75, 3.05) is 20.2 Å². The lowest BCUT2D eigenvalue weighted by Gasteiger charge is -2.31. The van der Waals surface area contributed by atoms with Crippen LogP contribution < -0.4 is 10.1 Å². The third-order valence-electron chi connectivity index (χ3n) is 4.92. The number of hydrogen-bond donors (Lipinski definition) is 1. The van der Waals surface area contributed by atoms with Gasteiger partial charge in [-0.15, -0.1) is 0 Å². The molecular formula is C21H25FN2O2. The van der Waals surface area contributed by atoms with Gasteiger partial charge in [0.25, 0.3) is 0 Å². The largest absolute Gasteiger partial charge is 0.496 e. The van der Waals surface area contributed by atoms with Crippen molar-refractivity contribution in [1.82, 2.24) is 10.2 Å². The third-order valence-corrected chi connectivity index (χ3v) is 4.92. The normalized spacial score (nSPS) is 15.6. The lowest BCUT2D eigenvalue weighted by Crippen LogP contribution is -2.40. The number of likely N-dealkylation sites (tertiary alicyclic amines) is 1. The summed E-state index contributed by atoms with van der Waals surface area (Å²) in [6, 6.07) is 14.3. The van der Waals surface area contributed by atoms with E-state index in [0.717, 1.165) is 49.4 Å². The standard InChI is InChI=1S/C21H25FN2O2/c1-26-20-5-3-2-4-18(20)14-23-21(25)17-10-12-24(13-11-17)15-16-6-8-19(22)9-7-16/h2-9,17H,10-15H2,1H3,(H,23,25). The van der Waals surface area contributed by atoms with Gasteiger partial charge in [-0.2, -0.15) is 0 Å². The average Bonchev–Trinajstić information content (AvgIpc) is 2.68. The average molecular weight is 356 g/mol. The van der Waals surface area contributed by atoms with E-state index in [2.05, 4.69) is 10.2 Å². The highest BCUT2D eigenvalue weighted by atomic mass is 19.1. The van der Waals surface area contributed by atoms with Crippen LogP contribution in [-0.4, -0.2) is 31.0 Å². The number of para-hydroxylation sites is 1. The smallest absolute Gasteiger partial charge is 0.223 e. The molecule has 3 rings (SSSR count). The fourth-order valence-electron chi connectivity index (χ4n) is 3.38. The number of halogens is 1. The minimum absolute atomic E-state index is 0.0502. The molecule has 138 valence electrons. The minimum atomic E-state index is -0.209. The lowest BCUT2D eigenvalue weighted by atomic mass is 9.95. The van der Waals surface area contributed by atoms with Crippen LogP contribution in [0.5, 0.6) is 5.75 Å². The first-order valence-electron chi connectivity index (χ1n) is 9.02. The van der Waals surface area contributed by atoms with E-state index >= 15 is 0 Å². The van der Waals surface area contributed by atoms with Crippen LogP contribution in [0.2, 0.25) is 0 Å². The molecule has 0 unspecified atom stereocenters.